The minimum Gasteiger partial charge on any atom is -0.496 e. The Kier molecular flexibility index (Phi) is 3.51. The van der Waals surface area contributed by atoms with Gasteiger partial charge in [-0.15, -0.1) is 0 Å². The number of fused-ring (bicyclic) bond motifs is 1. The van der Waals surface area contributed by atoms with Crippen LogP contribution >= 0.6 is 0 Å². The summed E-state index contributed by atoms with van der Waals surface area (Å²) in [6, 6.07) is 5.80. The van der Waals surface area contributed by atoms with E-state index in [0.717, 1.165) is 40.1 Å². The van der Waals surface area contributed by atoms with Gasteiger partial charge in [-0.05, 0) is 43.4 Å². The van der Waals surface area contributed by atoms with Crippen molar-refractivity contribution in [2.75, 3.05) is 7.11 Å². The van der Waals surface area contributed by atoms with E-state index < -0.39 is 0 Å². The lowest BCUT2D eigenvalue weighted by Crippen LogP contribution is -2.08. The molecular weight excluding hydrogens is 250 g/mol. The van der Waals surface area contributed by atoms with Gasteiger partial charge in [0, 0.05) is 17.0 Å². The molecule has 0 radical (unpaired) electrons. The third-order valence-corrected chi connectivity index (χ3v) is 4.29. The Balaban J connectivity index is 1.97. The lowest BCUT2D eigenvalue weighted by atomic mass is 10.00. The molecule has 0 aliphatic heterocycles. The lowest BCUT2D eigenvalue weighted by molar-refractivity contribution is 0.412. The number of aromatic amines is 1. The van der Waals surface area contributed by atoms with Crippen LogP contribution in [0.5, 0.6) is 5.75 Å². The van der Waals surface area contributed by atoms with Crippen molar-refractivity contribution in [2.45, 2.75) is 39.0 Å². The first-order valence-electron chi connectivity index (χ1n) is 7.38. The van der Waals surface area contributed by atoms with E-state index in [4.69, 9.17) is 4.74 Å². The summed E-state index contributed by atoms with van der Waals surface area (Å²) in [7, 11) is 1.66. The summed E-state index contributed by atoms with van der Waals surface area (Å²) in [6.07, 6.45) is 6.25. The average Bonchev–Trinajstić information content (AvgIpc) is 3.24. The van der Waals surface area contributed by atoms with Gasteiger partial charge in [0.05, 0.1) is 12.6 Å². The minimum absolute atomic E-state index is 0.0183. The van der Waals surface area contributed by atoms with E-state index in [1.165, 1.54) is 25.7 Å². The van der Waals surface area contributed by atoms with Gasteiger partial charge < -0.3 is 9.72 Å². The van der Waals surface area contributed by atoms with Gasteiger partial charge >= 0.3 is 0 Å². The fourth-order valence-corrected chi connectivity index (χ4v) is 2.93. The molecule has 0 amide bonds. The van der Waals surface area contributed by atoms with Crippen LogP contribution in [0.3, 0.4) is 0 Å². The zero-order valence-corrected chi connectivity index (χ0v) is 12.2. The number of benzene rings is 1. The van der Waals surface area contributed by atoms with Gasteiger partial charge in [-0.2, -0.15) is 0 Å². The third-order valence-electron chi connectivity index (χ3n) is 4.29. The van der Waals surface area contributed by atoms with Crippen molar-refractivity contribution >= 4 is 10.9 Å². The number of nitrogens with one attached hydrogen (secondary N) is 1. The van der Waals surface area contributed by atoms with Crippen LogP contribution in [0.15, 0.2) is 23.0 Å². The van der Waals surface area contributed by atoms with Crippen molar-refractivity contribution in [2.24, 2.45) is 5.92 Å². The van der Waals surface area contributed by atoms with Crippen LogP contribution in [0.1, 0.15) is 36.8 Å². The third kappa shape index (κ3) is 2.58. The molecule has 1 aromatic heterocycles. The molecule has 1 aromatic carbocycles. The molecule has 2 aromatic rings. The van der Waals surface area contributed by atoms with Gasteiger partial charge in [0.15, 0.2) is 0 Å². The van der Waals surface area contributed by atoms with Gasteiger partial charge in [0.25, 0.3) is 0 Å². The molecule has 1 saturated carbocycles. The van der Waals surface area contributed by atoms with E-state index in [1.807, 2.05) is 13.0 Å². The number of H-pyrrole nitrogens is 1. The molecule has 1 N–H and O–H groups in total. The molecule has 0 atom stereocenters. The van der Waals surface area contributed by atoms with Crippen molar-refractivity contribution in [1.29, 1.82) is 0 Å². The maximum absolute atomic E-state index is 11.9. The van der Waals surface area contributed by atoms with Crippen molar-refractivity contribution < 1.29 is 4.74 Å². The van der Waals surface area contributed by atoms with Gasteiger partial charge in [-0.3, -0.25) is 4.79 Å². The molecule has 0 saturated heterocycles. The first kappa shape index (κ1) is 13.2. The number of rotatable bonds is 5. The lowest BCUT2D eigenvalue weighted by Gasteiger charge is -2.11. The Hall–Kier alpha value is -1.77. The first-order chi connectivity index (χ1) is 9.69. The maximum atomic E-state index is 11.9. The Morgan fingerprint density at radius 2 is 2.15 bits per heavy atom. The monoisotopic (exact) mass is 271 g/mol. The highest BCUT2D eigenvalue weighted by Crippen LogP contribution is 2.34. The largest absolute Gasteiger partial charge is 0.496 e. The Morgan fingerprint density at radius 1 is 1.35 bits per heavy atom. The standard InChI is InChI=1S/C17H21NO2/c1-11-15(20-2)9-8-14-13(5-3-4-12-6-7-12)10-16(19)18-17(11)14/h8-10,12H,3-7H2,1-2H3,(H,18,19). The predicted octanol–water partition coefficient (Wildman–Crippen LogP) is 3.58. The molecule has 20 heavy (non-hydrogen) atoms. The number of aromatic nitrogens is 1. The molecule has 106 valence electrons. The molecule has 3 rings (SSSR count). The molecular formula is C17H21NO2. The molecule has 1 fully saturated rings. The highest BCUT2D eigenvalue weighted by atomic mass is 16.5. The molecule has 3 nitrogen and oxygen atoms in total. The summed E-state index contributed by atoms with van der Waals surface area (Å²) in [5.74, 6) is 1.77. The van der Waals surface area contributed by atoms with Gasteiger partial charge in [-0.25, -0.2) is 0 Å². The second-order valence-corrected chi connectivity index (χ2v) is 5.81. The molecule has 3 heteroatoms. The van der Waals surface area contributed by atoms with E-state index >= 15 is 0 Å². The summed E-state index contributed by atoms with van der Waals surface area (Å²) >= 11 is 0. The zero-order chi connectivity index (χ0) is 14.1. The number of hydrogen-bond donors (Lipinski definition) is 1. The normalized spacial score (nSPS) is 14.7. The Bertz CT molecular complexity index is 683. The van der Waals surface area contributed by atoms with Gasteiger partial charge in [0.2, 0.25) is 5.56 Å². The summed E-state index contributed by atoms with van der Waals surface area (Å²) in [4.78, 5) is 14.8. The van der Waals surface area contributed by atoms with Gasteiger partial charge in [-0.1, -0.05) is 19.3 Å². The number of aryl methyl sites for hydroxylation is 2. The Morgan fingerprint density at radius 3 is 2.85 bits per heavy atom. The van der Waals surface area contributed by atoms with E-state index in [2.05, 4.69) is 11.1 Å². The summed E-state index contributed by atoms with van der Waals surface area (Å²) < 4.78 is 5.33. The minimum atomic E-state index is -0.0183. The van der Waals surface area contributed by atoms with Crippen LogP contribution in [0.2, 0.25) is 0 Å². The molecule has 0 bridgehead atoms. The predicted molar refractivity (Wildman–Crippen MR) is 81.5 cm³/mol. The first-order valence-corrected chi connectivity index (χ1v) is 7.38. The highest BCUT2D eigenvalue weighted by Gasteiger charge is 2.20. The topological polar surface area (TPSA) is 42.1 Å². The number of hydrogen-bond acceptors (Lipinski definition) is 2. The highest BCUT2D eigenvalue weighted by molar-refractivity contribution is 5.86. The van der Waals surface area contributed by atoms with Crippen LogP contribution in [-0.4, -0.2) is 12.1 Å². The molecule has 0 spiro atoms. The van der Waals surface area contributed by atoms with Crippen molar-refractivity contribution in [3.8, 4) is 5.75 Å². The number of ether oxygens (including phenoxy) is 1. The quantitative estimate of drug-likeness (QED) is 0.903. The maximum Gasteiger partial charge on any atom is 0.248 e. The van der Waals surface area contributed by atoms with E-state index in [1.54, 1.807) is 13.2 Å². The number of pyridine rings is 1. The van der Waals surface area contributed by atoms with Crippen LogP contribution in [-0.2, 0) is 6.42 Å². The van der Waals surface area contributed by atoms with Gasteiger partial charge in [0.1, 0.15) is 5.75 Å². The van der Waals surface area contributed by atoms with Crippen molar-refractivity contribution in [3.05, 3.63) is 39.7 Å². The fourth-order valence-electron chi connectivity index (χ4n) is 2.93. The second kappa shape index (κ2) is 5.31. The molecule has 1 heterocycles. The van der Waals surface area contributed by atoms with E-state index in [9.17, 15) is 4.79 Å². The molecule has 0 unspecified atom stereocenters. The zero-order valence-electron chi connectivity index (χ0n) is 12.2. The van der Waals surface area contributed by atoms with E-state index in [0.29, 0.717) is 0 Å². The van der Waals surface area contributed by atoms with Crippen molar-refractivity contribution in [1.82, 2.24) is 4.98 Å². The average molecular weight is 271 g/mol. The van der Waals surface area contributed by atoms with Crippen LogP contribution in [0.25, 0.3) is 10.9 Å². The molecule has 1 aliphatic carbocycles. The van der Waals surface area contributed by atoms with Crippen LogP contribution < -0.4 is 10.3 Å². The smallest absolute Gasteiger partial charge is 0.248 e. The van der Waals surface area contributed by atoms with E-state index in [-0.39, 0.29) is 5.56 Å². The Labute approximate surface area is 119 Å². The summed E-state index contributed by atoms with van der Waals surface area (Å²) in [5, 5.41) is 1.15. The fraction of sp³-hybridized carbons (Fsp3) is 0.471. The van der Waals surface area contributed by atoms with Crippen molar-refractivity contribution in [3.63, 3.8) is 0 Å². The van der Waals surface area contributed by atoms with Crippen LogP contribution in [0.4, 0.5) is 0 Å². The molecule has 1 aliphatic rings. The van der Waals surface area contributed by atoms with Crippen LogP contribution in [0, 0.1) is 12.8 Å². The summed E-state index contributed by atoms with van der Waals surface area (Å²) in [5.41, 5.74) is 3.06. The SMILES string of the molecule is COc1ccc2c(CCCC3CC3)cc(=O)[nH]c2c1C. The number of methoxy groups -OCH3 is 1. The summed E-state index contributed by atoms with van der Waals surface area (Å²) in [6.45, 7) is 1.99. The second-order valence-electron chi connectivity index (χ2n) is 5.81.